The molecule has 1 aliphatic carbocycles. The van der Waals surface area contributed by atoms with Gasteiger partial charge in [0.25, 0.3) is 0 Å². The Labute approximate surface area is 104 Å². The maximum atomic E-state index is 5.75. The fourth-order valence-corrected chi connectivity index (χ4v) is 2.27. The number of rotatable bonds is 4. The van der Waals surface area contributed by atoms with E-state index in [1.807, 2.05) is 0 Å². The van der Waals surface area contributed by atoms with Crippen molar-refractivity contribution in [1.29, 1.82) is 0 Å². The zero-order valence-electron chi connectivity index (χ0n) is 11.1. The van der Waals surface area contributed by atoms with Gasteiger partial charge in [0.1, 0.15) is 0 Å². The minimum atomic E-state index is -0.0397. The zero-order chi connectivity index (χ0) is 12.1. The van der Waals surface area contributed by atoms with Crippen molar-refractivity contribution in [3.63, 3.8) is 0 Å². The van der Waals surface area contributed by atoms with Crippen molar-refractivity contribution in [2.75, 3.05) is 19.7 Å². The largest absolute Gasteiger partial charge is 0.373 e. The van der Waals surface area contributed by atoms with E-state index in [0.717, 1.165) is 32.1 Å². The van der Waals surface area contributed by atoms with E-state index in [9.17, 15) is 0 Å². The van der Waals surface area contributed by atoms with Crippen LogP contribution in [0.15, 0.2) is 4.99 Å². The van der Waals surface area contributed by atoms with Gasteiger partial charge >= 0.3 is 0 Å². The lowest BCUT2D eigenvalue weighted by atomic mass is 9.93. The minimum Gasteiger partial charge on any atom is -0.373 e. The predicted molar refractivity (Wildman–Crippen MR) is 70.3 cm³/mol. The first-order chi connectivity index (χ1) is 8.22. The monoisotopic (exact) mass is 239 g/mol. The molecule has 0 bridgehead atoms. The normalized spacial score (nSPS) is 30.1. The lowest BCUT2D eigenvalue weighted by Gasteiger charge is -2.29. The SMILES string of the molecule is CCNC(=NCC1(C)CCCO1)NC1CCC1. The Balaban J connectivity index is 1.84. The van der Waals surface area contributed by atoms with Crippen LogP contribution < -0.4 is 10.6 Å². The molecule has 2 aliphatic rings. The highest BCUT2D eigenvalue weighted by Gasteiger charge is 2.29. The Kier molecular flexibility index (Phi) is 4.26. The van der Waals surface area contributed by atoms with Gasteiger partial charge in [-0.1, -0.05) is 0 Å². The summed E-state index contributed by atoms with van der Waals surface area (Å²) in [7, 11) is 0. The van der Waals surface area contributed by atoms with Gasteiger partial charge in [-0.2, -0.15) is 0 Å². The molecule has 0 aromatic heterocycles. The minimum absolute atomic E-state index is 0.0397. The molecule has 4 heteroatoms. The number of guanidine groups is 1. The fourth-order valence-electron chi connectivity index (χ4n) is 2.27. The Bertz CT molecular complexity index is 268. The Morgan fingerprint density at radius 1 is 1.41 bits per heavy atom. The van der Waals surface area contributed by atoms with Crippen LogP contribution >= 0.6 is 0 Å². The molecule has 1 saturated heterocycles. The van der Waals surface area contributed by atoms with Crippen LogP contribution in [0.1, 0.15) is 46.0 Å². The Hall–Kier alpha value is -0.770. The lowest BCUT2D eigenvalue weighted by Crippen LogP contribution is -2.47. The van der Waals surface area contributed by atoms with E-state index in [4.69, 9.17) is 4.74 Å². The summed E-state index contributed by atoms with van der Waals surface area (Å²) in [5.74, 6) is 0.953. The average molecular weight is 239 g/mol. The topological polar surface area (TPSA) is 45.7 Å². The van der Waals surface area contributed by atoms with Gasteiger partial charge in [0.2, 0.25) is 0 Å². The van der Waals surface area contributed by atoms with Crippen LogP contribution in [-0.2, 0) is 4.74 Å². The quantitative estimate of drug-likeness (QED) is 0.579. The van der Waals surface area contributed by atoms with Gasteiger partial charge in [0.15, 0.2) is 5.96 Å². The third-order valence-corrected chi connectivity index (χ3v) is 3.66. The number of hydrogen-bond acceptors (Lipinski definition) is 2. The summed E-state index contributed by atoms with van der Waals surface area (Å²) < 4.78 is 5.75. The van der Waals surface area contributed by atoms with Gasteiger partial charge in [-0.05, 0) is 46.0 Å². The molecule has 2 fully saturated rings. The third-order valence-electron chi connectivity index (χ3n) is 3.66. The summed E-state index contributed by atoms with van der Waals surface area (Å²) in [4.78, 5) is 4.66. The zero-order valence-corrected chi connectivity index (χ0v) is 11.1. The molecule has 0 aromatic rings. The molecule has 1 aliphatic heterocycles. The molecule has 2 N–H and O–H groups in total. The third kappa shape index (κ3) is 3.60. The molecule has 1 heterocycles. The van der Waals surface area contributed by atoms with Crippen molar-refractivity contribution < 1.29 is 4.74 Å². The van der Waals surface area contributed by atoms with Crippen molar-refractivity contribution in [3.8, 4) is 0 Å². The first-order valence-corrected chi connectivity index (χ1v) is 6.91. The second-order valence-corrected chi connectivity index (χ2v) is 5.37. The van der Waals surface area contributed by atoms with E-state index < -0.39 is 0 Å². The number of nitrogens with zero attached hydrogens (tertiary/aromatic N) is 1. The average Bonchev–Trinajstić information content (AvgIpc) is 2.67. The van der Waals surface area contributed by atoms with Crippen LogP contribution in [0.25, 0.3) is 0 Å². The molecule has 1 unspecified atom stereocenters. The highest BCUT2D eigenvalue weighted by atomic mass is 16.5. The molecular weight excluding hydrogens is 214 g/mol. The number of nitrogens with one attached hydrogen (secondary N) is 2. The molecule has 0 spiro atoms. The Morgan fingerprint density at radius 3 is 2.76 bits per heavy atom. The summed E-state index contributed by atoms with van der Waals surface area (Å²) in [6, 6.07) is 0.630. The van der Waals surface area contributed by atoms with Crippen LogP contribution in [0.5, 0.6) is 0 Å². The lowest BCUT2D eigenvalue weighted by molar-refractivity contribution is 0.0283. The van der Waals surface area contributed by atoms with Crippen molar-refractivity contribution >= 4 is 5.96 Å². The van der Waals surface area contributed by atoms with Crippen molar-refractivity contribution in [2.24, 2.45) is 4.99 Å². The number of aliphatic imine (C=N–C) groups is 1. The molecular formula is C13H25N3O. The van der Waals surface area contributed by atoms with Gasteiger partial charge in [-0.3, -0.25) is 4.99 Å². The van der Waals surface area contributed by atoms with Crippen LogP contribution in [0, 0.1) is 0 Å². The fraction of sp³-hybridized carbons (Fsp3) is 0.923. The van der Waals surface area contributed by atoms with Crippen LogP contribution in [0.3, 0.4) is 0 Å². The molecule has 17 heavy (non-hydrogen) atoms. The molecule has 1 atom stereocenters. The maximum Gasteiger partial charge on any atom is 0.191 e. The van der Waals surface area contributed by atoms with E-state index in [1.165, 1.54) is 25.7 Å². The summed E-state index contributed by atoms with van der Waals surface area (Å²) >= 11 is 0. The van der Waals surface area contributed by atoms with Gasteiger partial charge in [-0.25, -0.2) is 0 Å². The Morgan fingerprint density at radius 2 is 2.24 bits per heavy atom. The molecule has 98 valence electrons. The second-order valence-electron chi connectivity index (χ2n) is 5.37. The first kappa shape index (κ1) is 12.7. The van der Waals surface area contributed by atoms with Crippen LogP contribution in [0.4, 0.5) is 0 Å². The molecule has 0 aromatic carbocycles. The first-order valence-electron chi connectivity index (χ1n) is 6.91. The molecule has 0 amide bonds. The van der Waals surface area contributed by atoms with E-state index in [0.29, 0.717) is 6.04 Å². The molecule has 4 nitrogen and oxygen atoms in total. The summed E-state index contributed by atoms with van der Waals surface area (Å²) in [5.41, 5.74) is -0.0397. The predicted octanol–water partition coefficient (Wildman–Crippen LogP) is 1.66. The smallest absolute Gasteiger partial charge is 0.191 e. The molecule has 2 rings (SSSR count). The van der Waals surface area contributed by atoms with Crippen molar-refractivity contribution in [1.82, 2.24) is 10.6 Å². The second kappa shape index (κ2) is 5.71. The molecule has 0 radical (unpaired) electrons. The van der Waals surface area contributed by atoms with E-state index >= 15 is 0 Å². The molecule has 1 saturated carbocycles. The van der Waals surface area contributed by atoms with Gasteiger partial charge < -0.3 is 15.4 Å². The number of ether oxygens (including phenoxy) is 1. The summed E-state index contributed by atoms with van der Waals surface area (Å²) in [6.07, 6.45) is 6.19. The highest BCUT2D eigenvalue weighted by Crippen LogP contribution is 2.25. The maximum absolute atomic E-state index is 5.75. The highest BCUT2D eigenvalue weighted by molar-refractivity contribution is 5.80. The standard InChI is InChI=1S/C13H25N3O/c1-3-14-12(16-11-6-4-7-11)15-10-13(2)8-5-9-17-13/h11H,3-10H2,1-2H3,(H2,14,15,16). The van der Waals surface area contributed by atoms with E-state index in [2.05, 4.69) is 29.5 Å². The van der Waals surface area contributed by atoms with Crippen LogP contribution in [-0.4, -0.2) is 37.3 Å². The van der Waals surface area contributed by atoms with Crippen molar-refractivity contribution in [3.05, 3.63) is 0 Å². The van der Waals surface area contributed by atoms with E-state index in [1.54, 1.807) is 0 Å². The summed E-state index contributed by atoms with van der Waals surface area (Å²) in [5, 5.41) is 6.79. The summed E-state index contributed by atoms with van der Waals surface area (Å²) in [6.45, 7) is 6.83. The van der Waals surface area contributed by atoms with Gasteiger partial charge in [0.05, 0.1) is 12.1 Å². The van der Waals surface area contributed by atoms with Crippen LogP contribution in [0.2, 0.25) is 0 Å². The number of hydrogen-bond donors (Lipinski definition) is 2. The van der Waals surface area contributed by atoms with E-state index in [-0.39, 0.29) is 5.60 Å². The van der Waals surface area contributed by atoms with Gasteiger partial charge in [-0.15, -0.1) is 0 Å². The van der Waals surface area contributed by atoms with Gasteiger partial charge in [0, 0.05) is 19.2 Å². The van der Waals surface area contributed by atoms with Crippen molar-refractivity contribution in [2.45, 2.75) is 57.6 Å².